The van der Waals surface area contributed by atoms with Gasteiger partial charge in [-0.05, 0) is 19.9 Å². The maximum Gasteiger partial charge on any atom is 0.173 e. The first-order chi connectivity index (χ1) is 7.16. The van der Waals surface area contributed by atoms with Crippen molar-refractivity contribution in [2.75, 3.05) is 0 Å². The zero-order valence-electron chi connectivity index (χ0n) is 8.70. The molecule has 0 aliphatic carbocycles. The van der Waals surface area contributed by atoms with Gasteiger partial charge in [-0.1, -0.05) is 0 Å². The molecule has 0 aliphatic heterocycles. The minimum Gasteiger partial charge on any atom is -0.466 e. The first kappa shape index (κ1) is 9.71. The van der Waals surface area contributed by atoms with Gasteiger partial charge in [0.25, 0.3) is 0 Å². The fraction of sp³-hybridized carbons (Fsp3) is 0.273. The Bertz CT molecular complexity index is 469. The number of carbonyl (C=O) groups is 1. The molecule has 0 saturated carbocycles. The van der Waals surface area contributed by atoms with E-state index < -0.39 is 0 Å². The van der Waals surface area contributed by atoms with E-state index in [-0.39, 0.29) is 12.2 Å². The lowest BCUT2D eigenvalue weighted by atomic mass is 10.1. The summed E-state index contributed by atoms with van der Waals surface area (Å²) in [5.41, 5.74) is 0.643. The lowest BCUT2D eigenvalue weighted by Gasteiger charge is -1.95. The van der Waals surface area contributed by atoms with E-state index in [9.17, 15) is 4.79 Å². The number of furan rings is 1. The second-order valence-corrected chi connectivity index (χ2v) is 3.46. The van der Waals surface area contributed by atoms with Crippen LogP contribution >= 0.6 is 0 Å². The second-order valence-electron chi connectivity index (χ2n) is 3.46. The number of nitrogens with zero attached hydrogens (tertiary/aromatic N) is 1. The molecular formula is C11H12N2O2. The molecule has 0 saturated heterocycles. The van der Waals surface area contributed by atoms with Gasteiger partial charge in [0.05, 0.1) is 12.0 Å². The molecule has 2 aromatic rings. The Hall–Kier alpha value is -1.84. The van der Waals surface area contributed by atoms with Gasteiger partial charge >= 0.3 is 0 Å². The highest BCUT2D eigenvalue weighted by Crippen LogP contribution is 2.15. The van der Waals surface area contributed by atoms with Crippen molar-refractivity contribution >= 4 is 5.78 Å². The van der Waals surface area contributed by atoms with E-state index in [4.69, 9.17) is 4.42 Å². The number of hydrogen-bond donors (Lipinski definition) is 1. The van der Waals surface area contributed by atoms with E-state index in [1.807, 2.05) is 6.92 Å². The van der Waals surface area contributed by atoms with E-state index in [1.165, 1.54) is 0 Å². The quantitative estimate of drug-likeness (QED) is 0.778. The Morgan fingerprint density at radius 1 is 1.53 bits per heavy atom. The molecule has 0 radical (unpaired) electrons. The van der Waals surface area contributed by atoms with Crippen molar-refractivity contribution in [1.82, 2.24) is 9.97 Å². The normalized spacial score (nSPS) is 10.5. The van der Waals surface area contributed by atoms with E-state index in [1.54, 1.807) is 25.4 Å². The van der Waals surface area contributed by atoms with Crippen LogP contribution in [0.15, 0.2) is 22.9 Å². The first-order valence-corrected chi connectivity index (χ1v) is 4.75. The number of nitrogens with one attached hydrogen (secondary N) is 1. The molecule has 0 spiro atoms. The maximum absolute atomic E-state index is 11.8. The summed E-state index contributed by atoms with van der Waals surface area (Å²) in [7, 11) is 0. The van der Waals surface area contributed by atoms with Gasteiger partial charge in [-0.25, -0.2) is 4.98 Å². The van der Waals surface area contributed by atoms with Gasteiger partial charge in [-0.3, -0.25) is 4.79 Å². The van der Waals surface area contributed by atoms with Crippen LogP contribution in [0.3, 0.4) is 0 Å². The van der Waals surface area contributed by atoms with Crippen LogP contribution in [-0.2, 0) is 6.42 Å². The van der Waals surface area contributed by atoms with E-state index in [2.05, 4.69) is 9.97 Å². The van der Waals surface area contributed by atoms with Crippen LogP contribution in [0.25, 0.3) is 0 Å². The third-order valence-corrected chi connectivity index (χ3v) is 2.22. The van der Waals surface area contributed by atoms with Crippen molar-refractivity contribution < 1.29 is 9.21 Å². The summed E-state index contributed by atoms with van der Waals surface area (Å²) in [6.07, 6.45) is 3.62. The predicted molar refractivity (Wildman–Crippen MR) is 54.8 cm³/mol. The smallest absolute Gasteiger partial charge is 0.173 e. The average Bonchev–Trinajstić information content (AvgIpc) is 2.75. The number of aryl methyl sites for hydroxylation is 2. The number of rotatable bonds is 3. The fourth-order valence-electron chi connectivity index (χ4n) is 1.55. The Morgan fingerprint density at radius 3 is 2.87 bits per heavy atom. The maximum atomic E-state index is 11.8. The standard InChI is InChI=1S/C11H12N2O2/c1-7-5-9(8(2)15-7)10(14)6-11-12-3-4-13-11/h3-5H,6H2,1-2H3,(H,12,13). The van der Waals surface area contributed by atoms with Gasteiger partial charge in [0.2, 0.25) is 0 Å². The number of aromatic nitrogens is 2. The van der Waals surface area contributed by atoms with Crippen LogP contribution in [0.1, 0.15) is 27.7 Å². The van der Waals surface area contributed by atoms with Gasteiger partial charge in [-0.2, -0.15) is 0 Å². The number of Topliss-reactive ketones (excluding diaryl/α,β-unsaturated/α-hetero) is 1. The Kier molecular flexibility index (Phi) is 2.41. The molecular weight excluding hydrogens is 192 g/mol. The fourth-order valence-corrected chi connectivity index (χ4v) is 1.55. The van der Waals surface area contributed by atoms with Crippen LogP contribution in [0, 0.1) is 13.8 Å². The van der Waals surface area contributed by atoms with Gasteiger partial charge in [0.15, 0.2) is 5.78 Å². The van der Waals surface area contributed by atoms with Crippen LogP contribution in [-0.4, -0.2) is 15.8 Å². The van der Waals surface area contributed by atoms with Crippen LogP contribution in [0.5, 0.6) is 0 Å². The van der Waals surface area contributed by atoms with E-state index in [0.717, 1.165) is 5.76 Å². The van der Waals surface area contributed by atoms with Crippen molar-refractivity contribution in [2.45, 2.75) is 20.3 Å². The SMILES string of the molecule is Cc1cc(C(=O)Cc2ncc[nH]2)c(C)o1. The zero-order chi connectivity index (χ0) is 10.8. The minimum absolute atomic E-state index is 0.0271. The third kappa shape index (κ3) is 1.98. The molecule has 0 unspecified atom stereocenters. The van der Waals surface area contributed by atoms with Gasteiger partial charge in [0.1, 0.15) is 17.3 Å². The number of hydrogen-bond acceptors (Lipinski definition) is 3. The summed E-state index contributed by atoms with van der Waals surface area (Å²) in [6, 6.07) is 1.76. The lowest BCUT2D eigenvalue weighted by molar-refractivity contribution is 0.0989. The van der Waals surface area contributed by atoms with Crippen molar-refractivity contribution in [3.63, 3.8) is 0 Å². The molecule has 1 N–H and O–H groups in total. The molecule has 0 aromatic carbocycles. The van der Waals surface area contributed by atoms with Crippen LogP contribution < -0.4 is 0 Å². The number of carbonyl (C=O) groups excluding carboxylic acids is 1. The third-order valence-electron chi connectivity index (χ3n) is 2.22. The predicted octanol–water partition coefficient (Wildman–Crippen LogP) is 2.04. The molecule has 0 aliphatic rings. The molecule has 0 atom stereocenters. The number of H-pyrrole nitrogens is 1. The van der Waals surface area contributed by atoms with Crippen LogP contribution in [0.2, 0.25) is 0 Å². The molecule has 0 bridgehead atoms. The van der Waals surface area contributed by atoms with E-state index >= 15 is 0 Å². The van der Waals surface area contributed by atoms with Crippen molar-refractivity contribution in [3.05, 3.63) is 41.4 Å². The monoisotopic (exact) mass is 204 g/mol. The van der Waals surface area contributed by atoms with E-state index in [0.29, 0.717) is 17.1 Å². The number of imidazole rings is 1. The Labute approximate surface area is 87.3 Å². The highest BCUT2D eigenvalue weighted by molar-refractivity contribution is 5.98. The lowest BCUT2D eigenvalue weighted by Crippen LogP contribution is -2.05. The molecule has 2 aromatic heterocycles. The molecule has 4 nitrogen and oxygen atoms in total. The second kappa shape index (κ2) is 3.73. The molecule has 2 heterocycles. The summed E-state index contributed by atoms with van der Waals surface area (Å²) in [5, 5.41) is 0. The van der Waals surface area contributed by atoms with Gasteiger partial charge < -0.3 is 9.40 Å². The largest absolute Gasteiger partial charge is 0.466 e. The van der Waals surface area contributed by atoms with Gasteiger partial charge in [-0.15, -0.1) is 0 Å². The molecule has 2 rings (SSSR count). The minimum atomic E-state index is 0.0271. The summed E-state index contributed by atoms with van der Waals surface area (Å²) >= 11 is 0. The molecule has 15 heavy (non-hydrogen) atoms. The summed E-state index contributed by atoms with van der Waals surface area (Å²) in [4.78, 5) is 18.7. The molecule has 0 fully saturated rings. The zero-order valence-corrected chi connectivity index (χ0v) is 8.70. The average molecular weight is 204 g/mol. The summed E-state index contributed by atoms with van der Waals surface area (Å²) in [6.45, 7) is 3.62. The highest BCUT2D eigenvalue weighted by Gasteiger charge is 2.14. The van der Waals surface area contributed by atoms with Crippen molar-refractivity contribution in [3.8, 4) is 0 Å². The molecule has 0 amide bonds. The van der Waals surface area contributed by atoms with Crippen molar-refractivity contribution in [1.29, 1.82) is 0 Å². The summed E-state index contributed by atoms with van der Waals surface area (Å²) < 4.78 is 5.30. The molecule has 78 valence electrons. The van der Waals surface area contributed by atoms with Crippen LogP contribution in [0.4, 0.5) is 0 Å². The van der Waals surface area contributed by atoms with Crippen molar-refractivity contribution in [2.24, 2.45) is 0 Å². The highest BCUT2D eigenvalue weighted by atomic mass is 16.3. The Balaban J connectivity index is 2.18. The first-order valence-electron chi connectivity index (χ1n) is 4.75. The topological polar surface area (TPSA) is 58.9 Å². The molecule has 4 heteroatoms. The Morgan fingerprint density at radius 2 is 2.33 bits per heavy atom. The van der Waals surface area contributed by atoms with Gasteiger partial charge in [0, 0.05) is 12.4 Å². The number of aromatic amines is 1. The number of ketones is 1. The summed E-state index contributed by atoms with van der Waals surface area (Å²) in [5.74, 6) is 2.14.